The highest BCUT2D eigenvalue weighted by Gasteiger charge is 2.13. The molecule has 0 amide bonds. The molecule has 0 spiro atoms. The van der Waals surface area contributed by atoms with Gasteiger partial charge in [-0.15, -0.1) is 0 Å². The van der Waals surface area contributed by atoms with Crippen molar-refractivity contribution in [3.63, 3.8) is 0 Å². The van der Waals surface area contributed by atoms with Gasteiger partial charge >= 0.3 is 0 Å². The molecule has 1 N–H and O–H groups in total. The highest BCUT2D eigenvalue weighted by atomic mass is 32.2. The Morgan fingerprint density at radius 2 is 2.00 bits per heavy atom. The van der Waals surface area contributed by atoms with E-state index >= 15 is 0 Å². The average Bonchev–Trinajstić information content (AvgIpc) is 3.10. The van der Waals surface area contributed by atoms with Gasteiger partial charge in [0.05, 0.1) is 19.1 Å². The number of imidazole rings is 1. The summed E-state index contributed by atoms with van der Waals surface area (Å²) in [6.45, 7) is 2.07. The van der Waals surface area contributed by atoms with Crippen LogP contribution in [0.5, 0.6) is 5.75 Å². The number of sulfonamides is 1. The van der Waals surface area contributed by atoms with Crippen LogP contribution in [0.3, 0.4) is 0 Å². The highest BCUT2D eigenvalue weighted by molar-refractivity contribution is 7.92. The molecule has 0 aliphatic carbocycles. The summed E-state index contributed by atoms with van der Waals surface area (Å²) >= 11 is 0. The van der Waals surface area contributed by atoms with Crippen molar-refractivity contribution in [2.24, 2.45) is 0 Å². The molecule has 26 heavy (non-hydrogen) atoms. The first kappa shape index (κ1) is 17.9. The number of nitrogens with zero attached hydrogens (tertiary/aromatic N) is 3. The molecular weight excluding hydrogens is 352 g/mol. The van der Waals surface area contributed by atoms with Crippen molar-refractivity contribution >= 4 is 15.7 Å². The Morgan fingerprint density at radius 3 is 2.62 bits per heavy atom. The van der Waals surface area contributed by atoms with E-state index in [0.717, 1.165) is 29.6 Å². The molecule has 7 nitrogen and oxygen atoms in total. The van der Waals surface area contributed by atoms with Gasteiger partial charge in [0.25, 0.3) is 0 Å². The summed E-state index contributed by atoms with van der Waals surface area (Å²) in [7, 11) is -1.94. The molecule has 136 valence electrons. The van der Waals surface area contributed by atoms with E-state index < -0.39 is 10.0 Å². The topological polar surface area (TPSA) is 86.1 Å². The van der Waals surface area contributed by atoms with Crippen LogP contribution >= 0.6 is 0 Å². The van der Waals surface area contributed by atoms with E-state index in [1.807, 2.05) is 29.0 Å². The van der Waals surface area contributed by atoms with Gasteiger partial charge < -0.3 is 4.74 Å². The Balaban J connectivity index is 2.05. The van der Waals surface area contributed by atoms with Crippen LogP contribution in [-0.4, -0.2) is 36.3 Å². The van der Waals surface area contributed by atoms with Crippen LogP contribution in [0.4, 0.5) is 5.69 Å². The maximum atomic E-state index is 11.6. The van der Waals surface area contributed by atoms with Crippen LogP contribution in [0.1, 0.15) is 12.5 Å². The fourth-order valence-electron chi connectivity index (χ4n) is 2.59. The largest absolute Gasteiger partial charge is 0.495 e. The van der Waals surface area contributed by atoms with Gasteiger partial charge in [-0.1, -0.05) is 13.0 Å². The van der Waals surface area contributed by atoms with Crippen LogP contribution in [0.2, 0.25) is 0 Å². The van der Waals surface area contributed by atoms with E-state index in [1.165, 1.54) is 7.11 Å². The second-order valence-corrected chi connectivity index (χ2v) is 7.53. The molecule has 3 rings (SSSR count). The van der Waals surface area contributed by atoms with Crippen molar-refractivity contribution in [1.29, 1.82) is 0 Å². The predicted octanol–water partition coefficient (Wildman–Crippen LogP) is 2.88. The molecule has 0 aliphatic heterocycles. The summed E-state index contributed by atoms with van der Waals surface area (Å²) in [5.74, 6) is 1.11. The third-order valence-electron chi connectivity index (χ3n) is 3.86. The van der Waals surface area contributed by atoms with Crippen LogP contribution < -0.4 is 9.46 Å². The monoisotopic (exact) mass is 372 g/mol. The summed E-state index contributed by atoms with van der Waals surface area (Å²) in [5, 5.41) is 0. The van der Waals surface area contributed by atoms with Crippen LogP contribution in [-0.2, 0) is 16.4 Å². The molecule has 2 heterocycles. The molecule has 2 aromatic heterocycles. The van der Waals surface area contributed by atoms with Gasteiger partial charge in [0.2, 0.25) is 10.0 Å². The van der Waals surface area contributed by atoms with E-state index in [9.17, 15) is 8.42 Å². The van der Waals surface area contributed by atoms with E-state index in [-0.39, 0.29) is 0 Å². The molecule has 0 bridgehead atoms. The summed E-state index contributed by atoms with van der Waals surface area (Å²) in [4.78, 5) is 8.87. The van der Waals surface area contributed by atoms with E-state index in [1.54, 1.807) is 24.5 Å². The van der Waals surface area contributed by atoms with Gasteiger partial charge in [-0.25, -0.2) is 13.4 Å². The summed E-state index contributed by atoms with van der Waals surface area (Å²) in [6.07, 6.45) is 7.33. The summed E-state index contributed by atoms with van der Waals surface area (Å²) in [6, 6.07) is 9.19. The molecule has 1 aromatic carbocycles. The molecule has 8 heteroatoms. The number of anilines is 1. The number of hydrogen-bond acceptors (Lipinski definition) is 5. The third-order valence-corrected chi connectivity index (χ3v) is 4.45. The average molecular weight is 372 g/mol. The van der Waals surface area contributed by atoms with Crippen molar-refractivity contribution < 1.29 is 13.2 Å². The van der Waals surface area contributed by atoms with E-state index in [2.05, 4.69) is 21.6 Å². The first-order chi connectivity index (χ1) is 12.4. The number of benzene rings is 1. The Bertz CT molecular complexity index is 1010. The van der Waals surface area contributed by atoms with Gasteiger partial charge in [0, 0.05) is 24.3 Å². The zero-order chi connectivity index (χ0) is 18.7. The zero-order valence-electron chi connectivity index (χ0n) is 14.8. The lowest BCUT2D eigenvalue weighted by Gasteiger charge is -2.13. The van der Waals surface area contributed by atoms with Gasteiger partial charge in [0.1, 0.15) is 11.4 Å². The minimum atomic E-state index is -3.43. The van der Waals surface area contributed by atoms with Gasteiger partial charge in [-0.3, -0.25) is 14.3 Å². The van der Waals surface area contributed by atoms with Crippen molar-refractivity contribution in [1.82, 2.24) is 14.5 Å². The summed E-state index contributed by atoms with van der Waals surface area (Å²) < 4.78 is 32.8. The van der Waals surface area contributed by atoms with E-state index in [4.69, 9.17) is 4.74 Å². The van der Waals surface area contributed by atoms with Gasteiger partial charge in [0.15, 0.2) is 5.82 Å². The Labute approximate surface area is 152 Å². The zero-order valence-corrected chi connectivity index (χ0v) is 15.6. The SMILES string of the molecule is CCc1ccc(-c2nccn2-c2ccc(OC)c(NS(C)(=O)=O)c2)nc1. The molecule has 0 fully saturated rings. The number of nitrogens with one attached hydrogen (secondary N) is 1. The second-order valence-electron chi connectivity index (χ2n) is 5.78. The minimum Gasteiger partial charge on any atom is -0.495 e. The van der Waals surface area contributed by atoms with E-state index in [0.29, 0.717) is 17.3 Å². The number of methoxy groups -OCH3 is 1. The van der Waals surface area contributed by atoms with Crippen LogP contribution in [0.25, 0.3) is 17.2 Å². The highest BCUT2D eigenvalue weighted by Crippen LogP contribution is 2.29. The first-order valence-corrected chi connectivity index (χ1v) is 9.95. The Hall–Kier alpha value is -2.87. The fraction of sp³-hybridized carbons (Fsp3) is 0.222. The Morgan fingerprint density at radius 1 is 1.19 bits per heavy atom. The first-order valence-electron chi connectivity index (χ1n) is 8.06. The number of ether oxygens (including phenoxy) is 1. The quantitative estimate of drug-likeness (QED) is 0.719. The lowest BCUT2D eigenvalue weighted by atomic mass is 10.2. The van der Waals surface area contributed by atoms with Crippen molar-refractivity contribution in [3.8, 4) is 23.0 Å². The standard InChI is InChI=1S/C18H20N4O3S/c1-4-13-5-7-15(20-12-13)18-19-9-10-22(18)14-6-8-17(25-2)16(11-14)21-26(3,23)24/h5-12,21H,4H2,1-3H3. The van der Waals surface area contributed by atoms with Crippen molar-refractivity contribution in [3.05, 3.63) is 54.5 Å². The number of aryl methyl sites for hydroxylation is 1. The lowest BCUT2D eigenvalue weighted by Crippen LogP contribution is -2.11. The normalized spacial score (nSPS) is 11.3. The van der Waals surface area contributed by atoms with Gasteiger partial charge in [-0.05, 0) is 36.2 Å². The van der Waals surface area contributed by atoms with Crippen molar-refractivity contribution in [2.75, 3.05) is 18.1 Å². The fourth-order valence-corrected chi connectivity index (χ4v) is 3.15. The number of aromatic nitrogens is 3. The predicted molar refractivity (Wildman–Crippen MR) is 101 cm³/mol. The minimum absolute atomic E-state index is 0.362. The van der Waals surface area contributed by atoms with Crippen LogP contribution in [0, 0.1) is 0 Å². The number of hydrogen-bond donors (Lipinski definition) is 1. The maximum absolute atomic E-state index is 11.6. The van der Waals surface area contributed by atoms with Crippen LogP contribution in [0.15, 0.2) is 48.9 Å². The molecule has 0 atom stereocenters. The molecule has 0 unspecified atom stereocenters. The molecule has 3 aromatic rings. The smallest absolute Gasteiger partial charge is 0.229 e. The molecular formula is C18H20N4O3S. The third kappa shape index (κ3) is 3.85. The number of pyridine rings is 1. The number of rotatable bonds is 6. The molecule has 0 saturated heterocycles. The Kier molecular flexibility index (Phi) is 4.94. The lowest BCUT2D eigenvalue weighted by molar-refractivity contribution is 0.417. The molecule has 0 aliphatic rings. The molecule has 0 saturated carbocycles. The second kappa shape index (κ2) is 7.17. The van der Waals surface area contributed by atoms with Crippen molar-refractivity contribution in [2.45, 2.75) is 13.3 Å². The maximum Gasteiger partial charge on any atom is 0.229 e. The summed E-state index contributed by atoms with van der Waals surface area (Å²) in [5.41, 5.74) is 2.99. The van der Waals surface area contributed by atoms with Gasteiger partial charge in [-0.2, -0.15) is 0 Å². The molecule has 0 radical (unpaired) electrons.